The van der Waals surface area contributed by atoms with Gasteiger partial charge in [-0.3, -0.25) is 0 Å². The molecule has 0 aromatic heterocycles. The predicted molar refractivity (Wildman–Crippen MR) is 84.3 cm³/mol. The van der Waals surface area contributed by atoms with E-state index < -0.39 is 0 Å². The molecule has 0 saturated heterocycles. The Bertz CT molecular complexity index is 421. The summed E-state index contributed by atoms with van der Waals surface area (Å²) >= 11 is 0. The second-order valence-corrected chi connectivity index (χ2v) is 6.46. The largest absolute Gasteiger partial charge is 0.198 e. The standard InChI is InChI=1S/C19H27N/c1-2-7-17-11-14-19(16-20,15-12-17)13-6-10-18-8-4-3-5-9-18/h3-5,8-9,17H,2,6-7,10-15H2,1H3. The van der Waals surface area contributed by atoms with Crippen LogP contribution in [0.4, 0.5) is 0 Å². The zero-order chi connectivity index (χ0) is 14.3. The fraction of sp³-hybridized carbons (Fsp3) is 0.632. The SMILES string of the molecule is CCCC1CCC(C#N)(CCCc2ccccc2)CC1. The molecule has 0 amide bonds. The van der Waals surface area contributed by atoms with Gasteiger partial charge in [-0.05, 0) is 56.4 Å². The van der Waals surface area contributed by atoms with Gasteiger partial charge in [-0.25, -0.2) is 0 Å². The first-order valence-electron chi connectivity index (χ1n) is 8.23. The van der Waals surface area contributed by atoms with Crippen molar-refractivity contribution >= 4 is 0 Å². The van der Waals surface area contributed by atoms with E-state index in [0.29, 0.717) is 0 Å². The van der Waals surface area contributed by atoms with E-state index in [1.54, 1.807) is 0 Å². The van der Waals surface area contributed by atoms with Gasteiger partial charge in [0.15, 0.2) is 0 Å². The van der Waals surface area contributed by atoms with Gasteiger partial charge in [0.05, 0.1) is 11.5 Å². The van der Waals surface area contributed by atoms with Gasteiger partial charge in [0.1, 0.15) is 0 Å². The van der Waals surface area contributed by atoms with Crippen LogP contribution in [0.25, 0.3) is 0 Å². The molecule has 1 fully saturated rings. The van der Waals surface area contributed by atoms with Gasteiger partial charge in [0.2, 0.25) is 0 Å². The first-order chi connectivity index (χ1) is 9.78. The van der Waals surface area contributed by atoms with E-state index in [1.807, 2.05) is 0 Å². The number of nitriles is 1. The summed E-state index contributed by atoms with van der Waals surface area (Å²) in [6, 6.07) is 13.3. The van der Waals surface area contributed by atoms with Crippen molar-refractivity contribution in [3.63, 3.8) is 0 Å². The Morgan fingerprint density at radius 2 is 1.90 bits per heavy atom. The minimum Gasteiger partial charge on any atom is -0.198 e. The zero-order valence-electron chi connectivity index (χ0n) is 12.8. The molecule has 1 aromatic carbocycles. The number of aryl methyl sites for hydroxylation is 1. The topological polar surface area (TPSA) is 23.8 Å². The highest BCUT2D eigenvalue weighted by Crippen LogP contribution is 2.43. The Kier molecular flexibility index (Phi) is 5.65. The zero-order valence-corrected chi connectivity index (χ0v) is 12.8. The Hall–Kier alpha value is -1.29. The van der Waals surface area contributed by atoms with Crippen LogP contribution < -0.4 is 0 Å². The molecule has 2 rings (SSSR count). The Morgan fingerprint density at radius 1 is 1.20 bits per heavy atom. The average molecular weight is 269 g/mol. The van der Waals surface area contributed by atoms with E-state index in [0.717, 1.165) is 38.0 Å². The number of nitrogens with zero attached hydrogens (tertiary/aromatic N) is 1. The van der Waals surface area contributed by atoms with Crippen LogP contribution in [0.3, 0.4) is 0 Å². The van der Waals surface area contributed by atoms with Crippen LogP contribution >= 0.6 is 0 Å². The van der Waals surface area contributed by atoms with Crippen molar-refractivity contribution in [1.82, 2.24) is 0 Å². The maximum absolute atomic E-state index is 9.60. The molecule has 1 aliphatic carbocycles. The fourth-order valence-corrected chi connectivity index (χ4v) is 3.62. The summed E-state index contributed by atoms with van der Waals surface area (Å²) in [4.78, 5) is 0. The summed E-state index contributed by atoms with van der Waals surface area (Å²) in [5.41, 5.74) is 1.39. The number of hydrogen-bond acceptors (Lipinski definition) is 1. The first-order valence-corrected chi connectivity index (χ1v) is 8.23. The van der Waals surface area contributed by atoms with Crippen molar-refractivity contribution in [2.75, 3.05) is 0 Å². The molecular formula is C19H27N. The lowest BCUT2D eigenvalue weighted by Gasteiger charge is -2.35. The van der Waals surface area contributed by atoms with Crippen LogP contribution in [0, 0.1) is 22.7 Å². The maximum atomic E-state index is 9.60. The van der Waals surface area contributed by atoms with E-state index in [4.69, 9.17) is 0 Å². The van der Waals surface area contributed by atoms with Crippen molar-refractivity contribution in [3.05, 3.63) is 35.9 Å². The lowest BCUT2D eigenvalue weighted by molar-refractivity contribution is 0.187. The van der Waals surface area contributed by atoms with Crippen LogP contribution in [-0.2, 0) is 6.42 Å². The van der Waals surface area contributed by atoms with Crippen LogP contribution in [0.5, 0.6) is 0 Å². The second kappa shape index (κ2) is 7.48. The van der Waals surface area contributed by atoms with Gasteiger partial charge in [-0.1, -0.05) is 50.1 Å². The molecule has 1 aliphatic rings. The molecule has 0 spiro atoms. The minimum atomic E-state index is -0.0149. The van der Waals surface area contributed by atoms with Crippen molar-refractivity contribution in [1.29, 1.82) is 5.26 Å². The molecule has 0 heterocycles. The molecule has 0 unspecified atom stereocenters. The third kappa shape index (κ3) is 4.10. The molecule has 108 valence electrons. The van der Waals surface area contributed by atoms with E-state index in [1.165, 1.54) is 31.2 Å². The van der Waals surface area contributed by atoms with Gasteiger partial charge in [-0.15, -0.1) is 0 Å². The number of benzene rings is 1. The molecule has 0 N–H and O–H groups in total. The van der Waals surface area contributed by atoms with Gasteiger partial charge in [0.25, 0.3) is 0 Å². The third-order valence-electron chi connectivity index (χ3n) is 4.96. The van der Waals surface area contributed by atoms with Crippen LogP contribution in [0.2, 0.25) is 0 Å². The van der Waals surface area contributed by atoms with Crippen LogP contribution in [0.15, 0.2) is 30.3 Å². The summed E-state index contributed by atoms with van der Waals surface area (Å²) in [7, 11) is 0. The summed E-state index contributed by atoms with van der Waals surface area (Å²) in [5.74, 6) is 0.885. The highest BCUT2D eigenvalue weighted by Gasteiger charge is 2.34. The van der Waals surface area contributed by atoms with Crippen molar-refractivity contribution < 1.29 is 0 Å². The van der Waals surface area contributed by atoms with Gasteiger partial charge >= 0.3 is 0 Å². The fourth-order valence-electron chi connectivity index (χ4n) is 3.62. The Morgan fingerprint density at radius 3 is 2.50 bits per heavy atom. The molecular weight excluding hydrogens is 242 g/mol. The van der Waals surface area contributed by atoms with Crippen molar-refractivity contribution in [2.24, 2.45) is 11.3 Å². The smallest absolute Gasteiger partial charge is 0.0689 e. The van der Waals surface area contributed by atoms with Gasteiger partial charge in [0, 0.05) is 0 Å². The molecule has 1 nitrogen and oxygen atoms in total. The van der Waals surface area contributed by atoms with Gasteiger partial charge in [-0.2, -0.15) is 5.26 Å². The maximum Gasteiger partial charge on any atom is 0.0689 e. The van der Waals surface area contributed by atoms with Crippen LogP contribution in [-0.4, -0.2) is 0 Å². The highest BCUT2D eigenvalue weighted by molar-refractivity contribution is 5.14. The molecule has 0 bridgehead atoms. The summed E-state index contributed by atoms with van der Waals surface area (Å²) < 4.78 is 0. The molecule has 1 heteroatoms. The molecule has 0 radical (unpaired) electrons. The monoisotopic (exact) mass is 269 g/mol. The predicted octanol–water partition coefficient (Wildman–Crippen LogP) is 5.51. The quantitative estimate of drug-likeness (QED) is 0.668. The Labute approximate surface area is 124 Å². The lowest BCUT2D eigenvalue weighted by atomic mass is 9.68. The molecule has 1 aromatic rings. The summed E-state index contributed by atoms with van der Waals surface area (Å²) in [5, 5.41) is 9.60. The normalized spacial score (nSPS) is 26.1. The third-order valence-corrected chi connectivity index (χ3v) is 4.96. The Balaban J connectivity index is 1.80. The molecule has 20 heavy (non-hydrogen) atoms. The van der Waals surface area contributed by atoms with E-state index >= 15 is 0 Å². The number of rotatable bonds is 6. The molecule has 0 atom stereocenters. The van der Waals surface area contributed by atoms with Gasteiger partial charge < -0.3 is 0 Å². The van der Waals surface area contributed by atoms with Crippen molar-refractivity contribution in [2.45, 2.75) is 64.7 Å². The van der Waals surface area contributed by atoms with Crippen LogP contribution in [0.1, 0.15) is 63.9 Å². The minimum absolute atomic E-state index is 0.0149. The van der Waals surface area contributed by atoms with E-state index in [2.05, 4.69) is 43.3 Å². The molecule has 0 aliphatic heterocycles. The second-order valence-electron chi connectivity index (χ2n) is 6.46. The van der Waals surface area contributed by atoms with E-state index in [9.17, 15) is 5.26 Å². The highest BCUT2D eigenvalue weighted by atomic mass is 14.4. The first kappa shape index (κ1) is 15.1. The van der Waals surface area contributed by atoms with Crippen molar-refractivity contribution in [3.8, 4) is 6.07 Å². The lowest BCUT2D eigenvalue weighted by Crippen LogP contribution is -2.26. The summed E-state index contributed by atoms with van der Waals surface area (Å²) in [6.07, 6.45) is 10.8. The van der Waals surface area contributed by atoms with E-state index in [-0.39, 0.29) is 5.41 Å². The summed E-state index contributed by atoms with van der Waals surface area (Å²) in [6.45, 7) is 2.27. The molecule has 1 saturated carbocycles. The number of hydrogen-bond donors (Lipinski definition) is 0. The average Bonchev–Trinajstić information content (AvgIpc) is 2.51.